The molecule has 42 heavy (non-hydrogen) atoms. The van der Waals surface area contributed by atoms with Crippen LogP contribution in [0.1, 0.15) is 31.4 Å². The maximum absolute atomic E-state index is 15.4. The average molecular weight is 590 g/mol. The number of hydrogen-bond donors (Lipinski definition) is 3. The fourth-order valence-electron chi connectivity index (χ4n) is 4.50. The van der Waals surface area contributed by atoms with Crippen LogP contribution in [-0.4, -0.2) is 35.6 Å². The van der Waals surface area contributed by atoms with Crippen molar-refractivity contribution in [3.63, 3.8) is 0 Å². The van der Waals surface area contributed by atoms with Crippen LogP contribution in [0.15, 0.2) is 89.6 Å². The molecule has 0 saturated heterocycles. The Morgan fingerprint density at radius 1 is 1.02 bits per heavy atom. The van der Waals surface area contributed by atoms with E-state index >= 15 is 4.39 Å². The summed E-state index contributed by atoms with van der Waals surface area (Å²) < 4.78 is 27.5. The fraction of sp³-hybridized carbons (Fsp3) is 0.242. The third-order valence-electron chi connectivity index (χ3n) is 6.67. The van der Waals surface area contributed by atoms with Gasteiger partial charge in [-0.05, 0) is 41.7 Å². The predicted octanol–water partition coefficient (Wildman–Crippen LogP) is 7.15. The molecule has 0 aliphatic heterocycles. The highest BCUT2D eigenvalue weighted by Crippen LogP contribution is 2.35. The number of nitrogens with one attached hydrogen (secondary N) is 2. The summed E-state index contributed by atoms with van der Waals surface area (Å²) in [6, 6.07) is 17.5. The molecule has 0 bridgehead atoms. The summed E-state index contributed by atoms with van der Waals surface area (Å²) in [5.74, 6) is 0.726. The predicted molar refractivity (Wildman–Crippen MR) is 163 cm³/mol. The van der Waals surface area contributed by atoms with Crippen molar-refractivity contribution in [1.29, 1.82) is 5.41 Å². The largest absolute Gasteiger partial charge is 0.488 e. The summed E-state index contributed by atoms with van der Waals surface area (Å²) in [4.78, 5) is 11.6. The first kappa shape index (κ1) is 30.7. The van der Waals surface area contributed by atoms with Crippen molar-refractivity contribution < 1.29 is 23.9 Å². The maximum Gasteiger partial charge on any atom is 0.142 e. The molecule has 1 atom stereocenters. The molecular weight excluding hydrogens is 557 g/mol. The average Bonchev–Trinajstić information content (AvgIpc) is 2.99. The molecule has 0 fully saturated rings. The summed E-state index contributed by atoms with van der Waals surface area (Å²) in [7, 11) is 0. The van der Waals surface area contributed by atoms with Crippen molar-refractivity contribution in [2.75, 3.05) is 6.61 Å². The molecule has 3 aromatic carbocycles. The molecule has 1 unspecified atom stereocenters. The molecule has 3 aromatic rings. The van der Waals surface area contributed by atoms with Crippen LogP contribution in [0.3, 0.4) is 0 Å². The van der Waals surface area contributed by atoms with Gasteiger partial charge in [0.05, 0.1) is 16.8 Å². The van der Waals surface area contributed by atoms with Gasteiger partial charge >= 0.3 is 0 Å². The smallest absolute Gasteiger partial charge is 0.142 e. The Labute approximate surface area is 249 Å². The van der Waals surface area contributed by atoms with Gasteiger partial charge in [-0.2, -0.15) is 0 Å². The van der Waals surface area contributed by atoms with Crippen LogP contribution in [0, 0.1) is 17.1 Å². The van der Waals surface area contributed by atoms with Gasteiger partial charge in [0.2, 0.25) is 0 Å². The lowest BCUT2D eigenvalue weighted by molar-refractivity contribution is -0.109. The molecule has 7 nitrogen and oxygen atoms in total. The van der Waals surface area contributed by atoms with Crippen molar-refractivity contribution >= 4 is 29.3 Å². The Morgan fingerprint density at radius 2 is 1.79 bits per heavy atom. The summed E-state index contributed by atoms with van der Waals surface area (Å²) in [6.45, 7) is 4.46. The second kappa shape index (κ2) is 14.6. The normalized spacial score (nSPS) is 14.6. The molecule has 3 N–H and O–H groups in total. The SMILES string of the molecule is CC(C)CC(C=O)NCc1cc(Cl)c(OCc2cccc(-c3ccccc3)c2F)cc1OCC1=CC(=N)/C(=N\O)C=C1. The fourth-order valence-corrected chi connectivity index (χ4v) is 4.74. The number of allylic oxidation sites excluding steroid dienone is 2. The second-order valence-corrected chi connectivity index (χ2v) is 10.7. The van der Waals surface area contributed by atoms with E-state index < -0.39 is 0 Å². The molecule has 0 aromatic heterocycles. The number of rotatable bonds is 13. The van der Waals surface area contributed by atoms with E-state index in [1.807, 2.05) is 44.2 Å². The van der Waals surface area contributed by atoms with E-state index in [-0.39, 0.29) is 36.5 Å². The van der Waals surface area contributed by atoms with Crippen LogP contribution >= 0.6 is 11.6 Å². The minimum atomic E-state index is -0.369. The molecule has 4 rings (SSSR count). The number of carbonyl (C=O) groups is 1. The number of ether oxygens (including phenoxy) is 2. The van der Waals surface area contributed by atoms with Gasteiger partial charge in [0.25, 0.3) is 0 Å². The first-order valence-electron chi connectivity index (χ1n) is 13.6. The van der Waals surface area contributed by atoms with Gasteiger partial charge in [0.15, 0.2) is 0 Å². The molecular formula is C33H33ClFN3O4. The number of halogens is 2. The van der Waals surface area contributed by atoms with E-state index in [0.717, 1.165) is 11.8 Å². The molecule has 1 aliphatic carbocycles. The third-order valence-corrected chi connectivity index (χ3v) is 6.96. The van der Waals surface area contributed by atoms with E-state index in [2.05, 4.69) is 10.5 Å². The van der Waals surface area contributed by atoms with E-state index in [0.29, 0.717) is 57.7 Å². The summed E-state index contributed by atoms with van der Waals surface area (Å²) >= 11 is 6.61. The van der Waals surface area contributed by atoms with Gasteiger partial charge < -0.3 is 24.8 Å². The molecule has 0 saturated carbocycles. The molecule has 0 amide bonds. The molecule has 0 radical (unpaired) electrons. The Hall–Kier alpha value is -4.27. The van der Waals surface area contributed by atoms with Crippen molar-refractivity contribution in [2.45, 2.75) is 39.5 Å². The highest BCUT2D eigenvalue weighted by Gasteiger charge is 2.17. The van der Waals surface area contributed by atoms with Crippen LogP contribution in [-0.2, 0) is 17.9 Å². The van der Waals surface area contributed by atoms with Gasteiger partial charge in [0.1, 0.15) is 42.5 Å². The Kier molecular flexibility index (Phi) is 10.6. The number of hydrogen-bond acceptors (Lipinski definition) is 7. The second-order valence-electron chi connectivity index (χ2n) is 10.3. The topological polar surface area (TPSA) is 104 Å². The summed E-state index contributed by atoms with van der Waals surface area (Å²) in [6.07, 6.45) is 6.34. The molecule has 1 aliphatic rings. The first-order valence-corrected chi connectivity index (χ1v) is 14.0. The zero-order valence-corrected chi connectivity index (χ0v) is 24.2. The van der Waals surface area contributed by atoms with Crippen LogP contribution in [0.25, 0.3) is 11.1 Å². The maximum atomic E-state index is 15.4. The Balaban J connectivity index is 1.56. The standard InChI is InChI=1S/C33H33ClFN3O4/c1-21(2)13-26(18-39)37-17-25-15-28(34)32(16-31(25)41-19-22-11-12-30(38-40)29(36)14-22)42-20-24-9-6-10-27(33(24)35)23-7-4-3-5-8-23/h3-12,14-16,18,21,26,36-37,40H,13,17,19-20H2,1-2H3/b36-29?,38-30-. The van der Waals surface area contributed by atoms with Gasteiger partial charge in [-0.3, -0.25) is 5.41 Å². The molecule has 218 valence electrons. The van der Waals surface area contributed by atoms with E-state index in [4.69, 9.17) is 31.7 Å². The van der Waals surface area contributed by atoms with Crippen LogP contribution < -0.4 is 14.8 Å². The van der Waals surface area contributed by atoms with E-state index in [1.54, 1.807) is 42.5 Å². The van der Waals surface area contributed by atoms with Crippen molar-refractivity contribution in [2.24, 2.45) is 11.1 Å². The monoisotopic (exact) mass is 589 g/mol. The lowest BCUT2D eigenvalue weighted by Crippen LogP contribution is -2.31. The number of benzene rings is 3. The molecule has 9 heteroatoms. The minimum absolute atomic E-state index is 0.0564. The number of nitrogens with zero attached hydrogens (tertiary/aromatic N) is 1. The lowest BCUT2D eigenvalue weighted by Gasteiger charge is -2.19. The highest BCUT2D eigenvalue weighted by molar-refractivity contribution is 6.50. The summed E-state index contributed by atoms with van der Waals surface area (Å²) in [5, 5.41) is 23.6. The van der Waals surface area contributed by atoms with Crippen LogP contribution in [0.5, 0.6) is 11.5 Å². The van der Waals surface area contributed by atoms with Crippen LogP contribution in [0.2, 0.25) is 5.02 Å². The lowest BCUT2D eigenvalue weighted by atomic mass is 10.0. The Morgan fingerprint density at radius 3 is 2.48 bits per heavy atom. The number of carbonyl (C=O) groups excluding carboxylic acids is 1. The van der Waals surface area contributed by atoms with Crippen molar-refractivity contribution in [3.05, 3.63) is 106 Å². The molecule has 0 heterocycles. The zero-order valence-electron chi connectivity index (χ0n) is 23.4. The van der Waals surface area contributed by atoms with E-state index in [9.17, 15) is 4.79 Å². The van der Waals surface area contributed by atoms with Gasteiger partial charge in [0, 0.05) is 29.3 Å². The number of aldehydes is 1. The quantitative estimate of drug-likeness (QED) is 0.0850. The van der Waals surface area contributed by atoms with Gasteiger partial charge in [-0.15, -0.1) is 0 Å². The Bertz CT molecular complexity index is 1520. The van der Waals surface area contributed by atoms with Crippen molar-refractivity contribution in [3.8, 4) is 22.6 Å². The van der Waals surface area contributed by atoms with Crippen LogP contribution in [0.4, 0.5) is 4.39 Å². The first-order chi connectivity index (χ1) is 20.3. The van der Waals surface area contributed by atoms with Crippen molar-refractivity contribution in [1.82, 2.24) is 5.32 Å². The summed E-state index contributed by atoms with van der Waals surface area (Å²) in [5.41, 5.74) is 3.23. The van der Waals surface area contributed by atoms with Gasteiger partial charge in [-0.1, -0.05) is 85.2 Å². The number of oxime groups is 1. The van der Waals surface area contributed by atoms with E-state index in [1.165, 1.54) is 6.08 Å². The highest BCUT2D eigenvalue weighted by atomic mass is 35.5. The third kappa shape index (κ3) is 7.93. The van der Waals surface area contributed by atoms with Gasteiger partial charge in [-0.25, -0.2) is 4.39 Å². The minimum Gasteiger partial charge on any atom is -0.488 e. The zero-order chi connectivity index (χ0) is 30.1. The molecule has 0 spiro atoms.